The fraction of sp³-hybridized carbons (Fsp3) is 0.750. The molecule has 0 aromatic heterocycles. The maximum absolute atomic E-state index is 10.4. The van der Waals surface area contributed by atoms with Gasteiger partial charge in [0.25, 0.3) is 0 Å². The molecular formula is C8H15N3OS. The number of amides is 1. The molecule has 0 radical (unpaired) electrons. The molecule has 0 aromatic carbocycles. The first kappa shape index (κ1) is 10.4. The minimum Gasteiger partial charge on any atom is -0.392 e. The number of carbonyl (C=O) groups excluding carboxylic acids is 1. The van der Waals surface area contributed by atoms with Crippen molar-refractivity contribution in [3.8, 4) is 0 Å². The maximum atomic E-state index is 10.4. The van der Waals surface area contributed by atoms with Gasteiger partial charge in [0, 0.05) is 26.2 Å². The van der Waals surface area contributed by atoms with Gasteiger partial charge in [0.05, 0.1) is 11.0 Å². The van der Waals surface area contributed by atoms with Gasteiger partial charge in [-0.3, -0.25) is 9.69 Å². The molecule has 13 heavy (non-hydrogen) atoms. The predicted molar refractivity (Wildman–Crippen MR) is 55.5 cm³/mol. The van der Waals surface area contributed by atoms with E-state index in [2.05, 4.69) is 4.90 Å². The van der Waals surface area contributed by atoms with Crippen molar-refractivity contribution in [3.63, 3.8) is 0 Å². The highest BCUT2D eigenvalue weighted by atomic mass is 32.1. The molecule has 1 unspecified atom stereocenters. The number of nitrogens with zero attached hydrogens (tertiary/aromatic N) is 2. The highest BCUT2D eigenvalue weighted by molar-refractivity contribution is 7.80. The van der Waals surface area contributed by atoms with E-state index >= 15 is 0 Å². The summed E-state index contributed by atoms with van der Waals surface area (Å²) in [4.78, 5) is 14.9. The van der Waals surface area contributed by atoms with Crippen LogP contribution in [0.25, 0.3) is 0 Å². The third kappa shape index (κ3) is 2.63. The van der Waals surface area contributed by atoms with E-state index in [9.17, 15) is 4.79 Å². The second kappa shape index (κ2) is 4.53. The van der Waals surface area contributed by atoms with Crippen LogP contribution in [0.5, 0.6) is 0 Å². The van der Waals surface area contributed by atoms with Crippen molar-refractivity contribution >= 4 is 23.6 Å². The first-order valence-electron chi connectivity index (χ1n) is 4.38. The fourth-order valence-electron chi connectivity index (χ4n) is 1.41. The van der Waals surface area contributed by atoms with E-state index in [0.29, 0.717) is 4.99 Å². The third-order valence-electron chi connectivity index (χ3n) is 2.46. The van der Waals surface area contributed by atoms with Crippen LogP contribution in [-0.4, -0.2) is 53.4 Å². The van der Waals surface area contributed by atoms with Gasteiger partial charge in [-0.1, -0.05) is 12.2 Å². The molecule has 0 aromatic rings. The standard InChI is InChI=1S/C8H15N3OS/c1-7(8(9)13)11-4-2-10(6-12)3-5-11/h6-7H,2-5H2,1H3,(H2,9,13). The van der Waals surface area contributed by atoms with Crippen LogP contribution in [0, 0.1) is 0 Å². The SMILES string of the molecule is CC(C(N)=S)N1CCN(C=O)CC1. The van der Waals surface area contributed by atoms with Gasteiger partial charge in [0.15, 0.2) is 0 Å². The minimum atomic E-state index is 0.142. The molecule has 2 N–H and O–H groups in total. The van der Waals surface area contributed by atoms with Gasteiger partial charge in [-0.05, 0) is 6.92 Å². The Bertz CT molecular complexity index is 202. The molecular weight excluding hydrogens is 186 g/mol. The first-order valence-corrected chi connectivity index (χ1v) is 4.78. The van der Waals surface area contributed by atoms with Crippen LogP contribution < -0.4 is 5.73 Å². The molecule has 0 spiro atoms. The normalized spacial score (nSPS) is 21.2. The van der Waals surface area contributed by atoms with Crippen molar-refractivity contribution in [1.29, 1.82) is 0 Å². The summed E-state index contributed by atoms with van der Waals surface area (Å²) < 4.78 is 0. The summed E-state index contributed by atoms with van der Waals surface area (Å²) in [7, 11) is 0. The van der Waals surface area contributed by atoms with Gasteiger partial charge in [0.1, 0.15) is 0 Å². The molecule has 0 saturated carbocycles. The van der Waals surface area contributed by atoms with E-state index < -0.39 is 0 Å². The van der Waals surface area contributed by atoms with Gasteiger partial charge < -0.3 is 10.6 Å². The molecule has 5 heteroatoms. The molecule has 74 valence electrons. The molecule has 1 fully saturated rings. The van der Waals surface area contributed by atoms with E-state index in [1.165, 1.54) is 0 Å². The average Bonchev–Trinajstić information content (AvgIpc) is 2.17. The van der Waals surface area contributed by atoms with Crippen LogP contribution in [0.1, 0.15) is 6.92 Å². The van der Waals surface area contributed by atoms with Crippen LogP contribution in [0.3, 0.4) is 0 Å². The van der Waals surface area contributed by atoms with Crippen molar-refractivity contribution in [1.82, 2.24) is 9.80 Å². The molecule has 1 saturated heterocycles. The van der Waals surface area contributed by atoms with Gasteiger partial charge in [-0.2, -0.15) is 0 Å². The van der Waals surface area contributed by atoms with Gasteiger partial charge >= 0.3 is 0 Å². The lowest BCUT2D eigenvalue weighted by Crippen LogP contribution is -2.52. The van der Waals surface area contributed by atoms with E-state index in [1.807, 2.05) is 6.92 Å². The highest BCUT2D eigenvalue weighted by Crippen LogP contribution is 2.04. The van der Waals surface area contributed by atoms with E-state index in [0.717, 1.165) is 32.6 Å². The van der Waals surface area contributed by atoms with Gasteiger partial charge in [-0.15, -0.1) is 0 Å². The number of carbonyl (C=O) groups is 1. The van der Waals surface area contributed by atoms with Crippen molar-refractivity contribution in [2.45, 2.75) is 13.0 Å². The number of hydrogen-bond donors (Lipinski definition) is 1. The zero-order valence-electron chi connectivity index (χ0n) is 7.77. The molecule has 0 aliphatic carbocycles. The number of thiocarbonyl (C=S) groups is 1. The highest BCUT2D eigenvalue weighted by Gasteiger charge is 2.21. The first-order chi connectivity index (χ1) is 6.15. The van der Waals surface area contributed by atoms with E-state index in [-0.39, 0.29) is 6.04 Å². The lowest BCUT2D eigenvalue weighted by molar-refractivity contribution is -0.119. The summed E-state index contributed by atoms with van der Waals surface area (Å²) in [5, 5.41) is 0. The summed E-state index contributed by atoms with van der Waals surface area (Å²) in [6.45, 7) is 5.26. The molecule has 1 atom stereocenters. The molecule has 1 aliphatic heterocycles. The Morgan fingerprint density at radius 1 is 1.46 bits per heavy atom. The maximum Gasteiger partial charge on any atom is 0.209 e. The molecule has 1 aliphatic rings. The van der Waals surface area contributed by atoms with Gasteiger partial charge in [0.2, 0.25) is 6.41 Å². The lowest BCUT2D eigenvalue weighted by atomic mass is 10.2. The topological polar surface area (TPSA) is 49.6 Å². The summed E-state index contributed by atoms with van der Waals surface area (Å²) >= 11 is 4.91. The van der Waals surface area contributed by atoms with Crippen LogP contribution >= 0.6 is 12.2 Å². The molecule has 1 amide bonds. The number of piperazine rings is 1. The Morgan fingerprint density at radius 3 is 2.38 bits per heavy atom. The Balaban J connectivity index is 2.40. The Labute approximate surface area is 83.7 Å². The number of hydrogen-bond acceptors (Lipinski definition) is 3. The minimum absolute atomic E-state index is 0.142. The average molecular weight is 201 g/mol. The summed E-state index contributed by atoms with van der Waals surface area (Å²) in [6, 6.07) is 0.142. The lowest BCUT2D eigenvalue weighted by Gasteiger charge is -2.35. The van der Waals surface area contributed by atoms with Gasteiger partial charge in [-0.25, -0.2) is 0 Å². The van der Waals surface area contributed by atoms with Crippen molar-refractivity contribution < 1.29 is 4.79 Å². The van der Waals surface area contributed by atoms with Crippen molar-refractivity contribution in [2.75, 3.05) is 26.2 Å². The van der Waals surface area contributed by atoms with Crippen LogP contribution in [0.15, 0.2) is 0 Å². The van der Waals surface area contributed by atoms with E-state index in [4.69, 9.17) is 18.0 Å². The zero-order chi connectivity index (χ0) is 9.84. The number of rotatable bonds is 3. The Kier molecular flexibility index (Phi) is 3.62. The second-order valence-corrected chi connectivity index (χ2v) is 3.73. The molecule has 4 nitrogen and oxygen atoms in total. The molecule has 1 rings (SSSR count). The van der Waals surface area contributed by atoms with E-state index in [1.54, 1.807) is 4.90 Å². The summed E-state index contributed by atoms with van der Waals surface area (Å²) in [5.74, 6) is 0. The molecule has 0 bridgehead atoms. The number of nitrogens with two attached hydrogens (primary N) is 1. The summed E-state index contributed by atoms with van der Waals surface area (Å²) in [6.07, 6.45) is 0.892. The van der Waals surface area contributed by atoms with Crippen LogP contribution in [0.4, 0.5) is 0 Å². The zero-order valence-corrected chi connectivity index (χ0v) is 8.59. The summed E-state index contributed by atoms with van der Waals surface area (Å²) in [5.41, 5.74) is 5.54. The van der Waals surface area contributed by atoms with Crippen molar-refractivity contribution in [2.24, 2.45) is 5.73 Å². The Morgan fingerprint density at radius 2 is 2.00 bits per heavy atom. The monoisotopic (exact) mass is 201 g/mol. The second-order valence-electron chi connectivity index (χ2n) is 3.26. The quantitative estimate of drug-likeness (QED) is 0.491. The Hall–Kier alpha value is -0.680. The van der Waals surface area contributed by atoms with Crippen LogP contribution in [0.2, 0.25) is 0 Å². The molecule has 1 heterocycles. The third-order valence-corrected chi connectivity index (χ3v) is 2.80. The smallest absolute Gasteiger partial charge is 0.209 e. The largest absolute Gasteiger partial charge is 0.392 e. The van der Waals surface area contributed by atoms with Crippen molar-refractivity contribution in [3.05, 3.63) is 0 Å². The van der Waals surface area contributed by atoms with Crippen LogP contribution in [-0.2, 0) is 4.79 Å². The fourth-order valence-corrected chi connectivity index (χ4v) is 1.56. The predicted octanol–water partition coefficient (Wildman–Crippen LogP) is -0.565.